The third-order valence-electron chi connectivity index (χ3n) is 2.59. The number of sulfone groups is 1. The predicted octanol–water partition coefficient (Wildman–Crippen LogP) is 2.36. The molecule has 0 aliphatic heterocycles. The first kappa shape index (κ1) is 18.0. The van der Waals surface area contributed by atoms with Crippen molar-refractivity contribution in [2.45, 2.75) is 25.2 Å². The molecule has 0 aliphatic carbocycles. The van der Waals surface area contributed by atoms with Crippen LogP contribution in [0.2, 0.25) is 0 Å². The first-order valence-corrected chi connectivity index (χ1v) is 9.85. The Morgan fingerprint density at radius 2 is 1.90 bits per heavy atom. The highest BCUT2D eigenvalue weighted by Crippen LogP contribution is 2.17. The third kappa shape index (κ3) is 8.78. The maximum absolute atomic E-state index is 11.7. The number of nitrogens with one attached hydrogen (secondary N) is 1. The quantitative estimate of drug-likeness (QED) is 0.558. The minimum Gasteiger partial charge on any atom is -0.355 e. The van der Waals surface area contributed by atoms with E-state index >= 15 is 0 Å². The van der Waals surface area contributed by atoms with Gasteiger partial charge in [-0.05, 0) is 30.2 Å². The van der Waals surface area contributed by atoms with Gasteiger partial charge in [-0.25, -0.2) is 8.42 Å². The Kier molecular flexibility index (Phi) is 7.82. The zero-order valence-electron chi connectivity index (χ0n) is 12.5. The summed E-state index contributed by atoms with van der Waals surface area (Å²) < 4.78 is 23.3. The monoisotopic (exact) mass is 329 g/mol. The van der Waals surface area contributed by atoms with Gasteiger partial charge in [0.1, 0.15) is 5.75 Å². The fraction of sp³-hybridized carbons (Fsp3) is 0.533. The van der Waals surface area contributed by atoms with Gasteiger partial charge in [-0.15, -0.1) is 11.8 Å². The number of thioether (sulfide) groups is 1. The molecule has 0 saturated heterocycles. The summed E-state index contributed by atoms with van der Waals surface area (Å²) >= 11 is 1.72. The minimum absolute atomic E-state index is 0.0464. The average Bonchev–Trinajstić information content (AvgIpc) is 2.37. The largest absolute Gasteiger partial charge is 0.355 e. The van der Waals surface area contributed by atoms with Gasteiger partial charge in [-0.1, -0.05) is 32.0 Å². The van der Waals surface area contributed by atoms with Crippen molar-refractivity contribution in [3.63, 3.8) is 0 Å². The zero-order valence-corrected chi connectivity index (χ0v) is 14.2. The number of hydrogen-bond donors (Lipinski definition) is 1. The van der Waals surface area contributed by atoms with Crippen molar-refractivity contribution in [3.8, 4) is 0 Å². The molecular formula is C15H23NO3S2. The van der Waals surface area contributed by atoms with E-state index in [0.717, 1.165) is 12.2 Å². The summed E-state index contributed by atoms with van der Waals surface area (Å²) in [5.74, 6) is 0.190. The lowest BCUT2D eigenvalue weighted by molar-refractivity contribution is -0.118. The van der Waals surface area contributed by atoms with Crippen LogP contribution in [0.15, 0.2) is 35.2 Å². The van der Waals surface area contributed by atoms with Crippen LogP contribution in [0.4, 0.5) is 0 Å². The zero-order chi connectivity index (χ0) is 15.7. The number of carbonyl (C=O) groups is 1. The van der Waals surface area contributed by atoms with Crippen LogP contribution in [0.1, 0.15) is 20.3 Å². The van der Waals surface area contributed by atoms with Crippen molar-refractivity contribution in [1.29, 1.82) is 0 Å². The average molecular weight is 329 g/mol. The molecule has 1 aromatic carbocycles. The lowest BCUT2D eigenvalue weighted by Crippen LogP contribution is -2.32. The first-order valence-electron chi connectivity index (χ1n) is 7.04. The molecule has 118 valence electrons. The van der Waals surface area contributed by atoms with Crippen LogP contribution in [0.25, 0.3) is 0 Å². The van der Waals surface area contributed by atoms with E-state index in [1.165, 1.54) is 4.90 Å². The number of hydrogen-bond acceptors (Lipinski definition) is 4. The molecule has 0 heterocycles. The number of rotatable bonds is 9. The van der Waals surface area contributed by atoms with Gasteiger partial charge in [0.05, 0.1) is 5.75 Å². The van der Waals surface area contributed by atoms with Gasteiger partial charge in [0.2, 0.25) is 5.91 Å². The van der Waals surface area contributed by atoms with Gasteiger partial charge in [0.15, 0.2) is 9.84 Å². The van der Waals surface area contributed by atoms with Crippen molar-refractivity contribution in [1.82, 2.24) is 5.32 Å². The Bertz CT molecular complexity index is 527. The van der Waals surface area contributed by atoms with Crippen molar-refractivity contribution >= 4 is 27.5 Å². The fourth-order valence-corrected chi connectivity index (χ4v) is 4.33. The molecule has 6 heteroatoms. The highest BCUT2D eigenvalue weighted by molar-refractivity contribution is 7.99. The summed E-state index contributed by atoms with van der Waals surface area (Å²) in [5.41, 5.74) is 0. The third-order valence-corrected chi connectivity index (χ3v) is 5.57. The van der Waals surface area contributed by atoms with E-state index in [4.69, 9.17) is 0 Å². The molecule has 1 amide bonds. The second kappa shape index (κ2) is 9.10. The molecule has 0 unspecified atom stereocenters. The molecule has 0 aliphatic rings. The van der Waals surface area contributed by atoms with E-state index in [0.29, 0.717) is 6.54 Å². The maximum Gasteiger partial charge on any atom is 0.235 e. The topological polar surface area (TPSA) is 63.2 Å². The molecule has 0 aromatic heterocycles. The van der Waals surface area contributed by atoms with E-state index in [2.05, 4.69) is 5.32 Å². The summed E-state index contributed by atoms with van der Waals surface area (Å²) in [4.78, 5) is 12.8. The summed E-state index contributed by atoms with van der Waals surface area (Å²) in [5, 5.41) is 2.67. The van der Waals surface area contributed by atoms with Crippen LogP contribution >= 0.6 is 11.8 Å². The van der Waals surface area contributed by atoms with Crippen molar-refractivity contribution < 1.29 is 13.2 Å². The molecule has 1 aromatic rings. The second-order valence-electron chi connectivity index (χ2n) is 5.31. The van der Waals surface area contributed by atoms with Crippen LogP contribution in [0.5, 0.6) is 0 Å². The standard InChI is InChI=1S/C15H23NO3S2/c1-13(2)11-21(18,19)12-15(17)16-9-6-10-20-14-7-4-3-5-8-14/h3-5,7-8,13H,6,9-12H2,1-2H3,(H,16,17). The van der Waals surface area contributed by atoms with Crippen LogP contribution in [0, 0.1) is 5.92 Å². The molecule has 0 radical (unpaired) electrons. The summed E-state index contributed by atoms with van der Waals surface area (Å²) in [7, 11) is -3.28. The molecule has 0 saturated carbocycles. The Balaban J connectivity index is 2.16. The molecule has 1 rings (SSSR count). The lowest BCUT2D eigenvalue weighted by atomic mass is 10.3. The summed E-state index contributed by atoms with van der Waals surface area (Å²) in [6.07, 6.45) is 0.815. The molecule has 0 bridgehead atoms. The lowest BCUT2D eigenvalue weighted by Gasteiger charge is -2.08. The highest BCUT2D eigenvalue weighted by Gasteiger charge is 2.17. The molecule has 4 nitrogen and oxygen atoms in total. The van der Waals surface area contributed by atoms with Gasteiger partial charge in [-0.3, -0.25) is 4.79 Å². The smallest absolute Gasteiger partial charge is 0.235 e. The second-order valence-corrected chi connectivity index (χ2v) is 8.59. The highest BCUT2D eigenvalue weighted by atomic mass is 32.2. The van der Waals surface area contributed by atoms with E-state index in [1.807, 2.05) is 44.2 Å². The van der Waals surface area contributed by atoms with Gasteiger partial charge in [-0.2, -0.15) is 0 Å². The van der Waals surface area contributed by atoms with Crippen molar-refractivity contribution in [2.24, 2.45) is 5.92 Å². The molecule has 21 heavy (non-hydrogen) atoms. The molecule has 1 N–H and O–H groups in total. The van der Waals surface area contributed by atoms with Gasteiger partial charge in [0.25, 0.3) is 0 Å². The Hall–Kier alpha value is -1.01. The van der Waals surface area contributed by atoms with Crippen LogP contribution in [-0.2, 0) is 14.6 Å². The minimum atomic E-state index is -3.28. The van der Waals surface area contributed by atoms with Crippen LogP contribution in [-0.4, -0.2) is 38.1 Å². The van der Waals surface area contributed by atoms with Crippen LogP contribution < -0.4 is 5.32 Å². The molecule has 0 atom stereocenters. The Morgan fingerprint density at radius 3 is 2.52 bits per heavy atom. The van der Waals surface area contributed by atoms with E-state index in [-0.39, 0.29) is 11.7 Å². The normalized spacial score (nSPS) is 11.6. The Labute approximate surface area is 131 Å². The predicted molar refractivity (Wildman–Crippen MR) is 88.3 cm³/mol. The number of carbonyl (C=O) groups excluding carboxylic acids is 1. The summed E-state index contributed by atoms with van der Waals surface area (Å²) in [6.45, 7) is 4.17. The van der Waals surface area contributed by atoms with E-state index < -0.39 is 21.5 Å². The molecule has 0 fully saturated rings. The van der Waals surface area contributed by atoms with Gasteiger partial charge < -0.3 is 5.32 Å². The van der Waals surface area contributed by atoms with Crippen molar-refractivity contribution in [2.75, 3.05) is 23.8 Å². The summed E-state index contributed by atoms with van der Waals surface area (Å²) in [6, 6.07) is 10.0. The SMILES string of the molecule is CC(C)CS(=O)(=O)CC(=O)NCCCSc1ccccc1. The molecule has 0 spiro atoms. The fourth-order valence-electron chi connectivity index (χ4n) is 1.82. The van der Waals surface area contributed by atoms with E-state index in [1.54, 1.807) is 11.8 Å². The van der Waals surface area contributed by atoms with Crippen LogP contribution in [0.3, 0.4) is 0 Å². The van der Waals surface area contributed by atoms with Crippen molar-refractivity contribution in [3.05, 3.63) is 30.3 Å². The maximum atomic E-state index is 11.7. The first-order chi connectivity index (χ1) is 9.89. The molecular weight excluding hydrogens is 306 g/mol. The number of benzene rings is 1. The van der Waals surface area contributed by atoms with Gasteiger partial charge in [0, 0.05) is 11.4 Å². The Morgan fingerprint density at radius 1 is 1.24 bits per heavy atom. The number of amides is 1. The van der Waals surface area contributed by atoms with Gasteiger partial charge >= 0.3 is 0 Å². The van der Waals surface area contributed by atoms with E-state index in [9.17, 15) is 13.2 Å².